The van der Waals surface area contributed by atoms with E-state index >= 15 is 0 Å². The standard InChI is InChI=1S/C72H122NO8P/c1-6-8-10-12-14-16-18-20-22-24-26-28-30-31-32-33-34-35-36-37-38-39-40-41-43-45-47-49-51-53-55-57-59-61-63-65-72(75)81-70(69-80-82(76,77)79-67-66-73(3,4)5)68-78-71(74)64-62-60-58-56-54-52-50-48-46-44-42-29-27-25-23-21-19-17-15-13-11-9-7-2/h8,10,14,16,19-22,25-28,31-32,34-35,37-38,40-41,45,47,70H,6-7,9,11-13,15,17-18,23-24,29-30,33,36,39,42-44,46,48-69H2,1-5H3/p+1/b10-8-,16-14-,21-19-,22-20-,27-25-,28-26-,32-31-,35-34-,38-37-,41-40-,47-45-. The number of ether oxygens (including phenoxy) is 2. The molecule has 82 heavy (non-hydrogen) atoms. The molecule has 0 aliphatic carbocycles. The van der Waals surface area contributed by atoms with Crippen molar-refractivity contribution in [2.45, 2.75) is 264 Å². The Kier molecular flexibility index (Phi) is 58.8. The van der Waals surface area contributed by atoms with Crippen molar-refractivity contribution in [1.82, 2.24) is 0 Å². The van der Waals surface area contributed by atoms with Crippen LogP contribution in [0.3, 0.4) is 0 Å². The summed E-state index contributed by atoms with van der Waals surface area (Å²) in [6.45, 7) is 4.29. The Morgan fingerprint density at radius 1 is 0.390 bits per heavy atom. The van der Waals surface area contributed by atoms with Crippen LogP contribution in [-0.4, -0.2) is 74.9 Å². The predicted molar refractivity (Wildman–Crippen MR) is 353 cm³/mol. The summed E-state index contributed by atoms with van der Waals surface area (Å²) in [4.78, 5) is 35.8. The van der Waals surface area contributed by atoms with Gasteiger partial charge in [0.05, 0.1) is 27.7 Å². The highest BCUT2D eigenvalue weighted by Crippen LogP contribution is 2.43. The number of unbranched alkanes of at least 4 members (excludes halogenated alkanes) is 23. The topological polar surface area (TPSA) is 108 Å². The van der Waals surface area contributed by atoms with Crippen molar-refractivity contribution < 1.29 is 42.1 Å². The molecule has 0 fully saturated rings. The molecule has 0 spiro atoms. The molecular formula is C72H123NO8P+. The minimum Gasteiger partial charge on any atom is -0.462 e. The smallest absolute Gasteiger partial charge is 0.462 e. The Morgan fingerprint density at radius 3 is 1.04 bits per heavy atom. The van der Waals surface area contributed by atoms with Gasteiger partial charge < -0.3 is 18.9 Å². The van der Waals surface area contributed by atoms with Crippen LogP contribution in [-0.2, 0) is 32.7 Å². The van der Waals surface area contributed by atoms with E-state index in [2.05, 4.69) is 148 Å². The first-order valence-electron chi connectivity index (χ1n) is 32.9. The van der Waals surface area contributed by atoms with Crippen molar-refractivity contribution >= 4 is 19.8 Å². The van der Waals surface area contributed by atoms with E-state index in [0.717, 1.165) is 109 Å². The number of allylic oxidation sites excluding steroid dienone is 22. The third-order valence-electron chi connectivity index (χ3n) is 13.7. The van der Waals surface area contributed by atoms with Gasteiger partial charge >= 0.3 is 19.8 Å². The number of hydrogen-bond donors (Lipinski definition) is 1. The average Bonchev–Trinajstić information content (AvgIpc) is 3.45. The minimum absolute atomic E-state index is 0.0225. The van der Waals surface area contributed by atoms with Crippen molar-refractivity contribution in [2.24, 2.45) is 0 Å². The molecule has 2 unspecified atom stereocenters. The number of esters is 2. The van der Waals surface area contributed by atoms with E-state index in [-0.39, 0.29) is 32.0 Å². The zero-order chi connectivity index (χ0) is 59.8. The molecule has 0 aromatic heterocycles. The third-order valence-corrected chi connectivity index (χ3v) is 14.6. The van der Waals surface area contributed by atoms with Gasteiger partial charge in [-0.25, -0.2) is 4.57 Å². The summed E-state index contributed by atoms with van der Waals surface area (Å²) in [6, 6.07) is 0. The van der Waals surface area contributed by atoms with Gasteiger partial charge in [-0.2, -0.15) is 0 Å². The van der Waals surface area contributed by atoms with Gasteiger partial charge in [-0.1, -0.05) is 263 Å². The summed E-state index contributed by atoms with van der Waals surface area (Å²) in [5, 5.41) is 0. The molecule has 0 heterocycles. The second-order valence-electron chi connectivity index (χ2n) is 22.8. The molecule has 0 bridgehead atoms. The Morgan fingerprint density at radius 2 is 0.695 bits per heavy atom. The molecule has 468 valence electrons. The van der Waals surface area contributed by atoms with Crippen LogP contribution in [0, 0.1) is 0 Å². The lowest BCUT2D eigenvalue weighted by Gasteiger charge is -2.24. The van der Waals surface area contributed by atoms with Crippen LogP contribution in [0.5, 0.6) is 0 Å². The van der Waals surface area contributed by atoms with E-state index < -0.39 is 26.5 Å². The normalized spacial score (nSPS) is 14.1. The second kappa shape index (κ2) is 61.7. The molecule has 0 aromatic carbocycles. The second-order valence-corrected chi connectivity index (χ2v) is 24.2. The fourth-order valence-electron chi connectivity index (χ4n) is 8.63. The lowest BCUT2D eigenvalue weighted by molar-refractivity contribution is -0.870. The number of quaternary nitrogens is 1. The molecule has 0 rings (SSSR count). The van der Waals surface area contributed by atoms with Crippen LogP contribution in [0.2, 0.25) is 0 Å². The quantitative estimate of drug-likeness (QED) is 0.0211. The van der Waals surface area contributed by atoms with Crippen molar-refractivity contribution in [3.8, 4) is 0 Å². The average molecular weight is 1160 g/mol. The summed E-state index contributed by atoms with van der Waals surface area (Å²) >= 11 is 0. The first kappa shape index (κ1) is 78.1. The largest absolute Gasteiger partial charge is 0.472 e. The van der Waals surface area contributed by atoms with Gasteiger partial charge in [-0.15, -0.1) is 0 Å². The van der Waals surface area contributed by atoms with Crippen molar-refractivity contribution in [1.29, 1.82) is 0 Å². The van der Waals surface area contributed by atoms with Crippen LogP contribution in [0.1, 0.15) is 258 Å². The maximum absolute atomic E-state index is 12.9. The van der Waals surface area contributed by atoms with E-state index in [0.29, 0.717) is 17.4 Å². The molecule has 0 radical (unpaired) electrons. The van der Waals surface area contributed by atoms with Crippen molar-refractivity contribution in [3.63, 3.8) is 0 Å². The van der Waals surface area contributed by atoms with E-state index in [1.54, 1.807) is 0 Å². The molecule has 0 aliphatic rings. The Labute approximate surface area is 504 Å². The maximum atomic E-state index is 12.9. The Balaban J connectivity index is 4.17. The van der Waals surface area contributed by atoms with E-state index in [9.17, 15) is 19.0 Å². The molecule has 0 aromatic rings. The van der Waals surface area contributed by atoms with Gasteiger partial charge in [0, 0.05) is 12.8 Å². The number of carbonyl (C=O) groups is 2. The summed E-state index contributed by atoms with van der Waals surface area (Å²) in [6.07, 6.45) is 89.6. The minimum atomic E-state index is -4.40. The van der Waals surface area contributed by atoms with Gasteiger partial charge in [-0.3, -0.25) is 18.6 Å². The van der Waals surface area contributed by atoms with Crippen LogP contribution < -0.4 is 0 Å². The van der Waals surface area contributed by atoms with Crippen molar-refractivity contribution in [2.75, 3.05) is 47.5 Å². The first-order valence-corrected chi connectivity index (χ1v) is 34.4. The summed E-state index contributed by atoms with van der Waals surface area (Å²) in [5.41, 5.74) is 0. The summed E-state index contributed by atoms with van der Waals surface area (Å²) in [7, 11) is 1.45. The highest BCUT2D eigenvalue weighted by atomic mass is 31.2. The third kappa shape index (κ3) is 65.3. The fourth-order valence-corrected chi connectivity index (χ4v) is 9.37. The zero-order valence-corrected chi connectivity index (χ0v) is 54.1. The van der Waals surface area contributed by atoms with Crippen LogP contribution in [0.15, 0.2) is 134 Å². The zero-order valence-electron chi connectivity index (χ0n) is 53.2. The van der Waals surface area contributed by atoms with Gasteiger partial charge in [0.1, 0.15) is 19.8 Å². The van der Waals surface area contributed by atoms with Crippen molar-refractivity contribution in [3.05, 3.63) is 134 Å². The lowest BCUT2D eigenvalue weighted by Crippen LogP contribution is -2.37. The van der Waals surface area contributed by atoms with Gasteiger partial charge in [0.2, 0.25) is 0 Å². The van der Waals surface area contributed by atoms with E-state index in [1.807, 2.05) is 21.1 Å². The molecule has 0 amide bonds. The molecule has 0 saturated carbocycles. The van der Waals surface area contributed by atoms with Gasteiger partial charge in [0.25, 0.3) is 0 Å². The number of nitrogens with zero attached hydrogens (tertiary/aromatic N) is 1. The monoisotopic (exact) mass is 1160 g/mol. The molecular weight excluding hydrogens is 1040 g/mol. The SMILES string of the molecule is CC/C=C\C/C=C\C/C=C\C/C=C\C/C=C\C/C=C\C/C=C\C/C=C\C/C=C\CCCCCCCCCC(=O)OC(COC(=O)CCCCCCCCCCCCC/C=C\C/C=C\CCCCCCC)COP(=O)(O)OCC[N+](C)(C)C. The van der Waals surface area contributed by atoms with Crippen LogP contribution in [0.25, 0.3) is 0 Å². The molecule has 10 heteroatoms. The number of phosphoric acid groups is 1. The Bertz CT molecular complexity index is 1850. The van der Waals surface area contributed by atoms with Gasteiger partial charge in [-0.05, 0) is 116 Å². The fraction of sp³-hybridized carbons (Fsp3) is 0.667. The highest BCUT2D eigenvalue weighted by Gasteiger charge is 2.27. The summed E-state index contributed by atoms with van der Waals surface area (Å²) in [5.74, 6) is -0.817. The highest BCUT2D eigenvalue weighted by molar-refractivity contribution is 7.47. The van der Waals surface area contributed by atoms with E-state index in [1.165, 1.54) is 116 Å². The van der Waals surface area contributed by atoms with Crippen LogP contribution >= 0.6 is 7.82 Å². The predicted octanol–water partition coefficient (Wildman–Crippen LogP) is 21.3. The number of phosphoric ester groups is 1. The summed E-state index contributed by atoms with van der Waals surface area (Å²) < 4.78 is 34.6. The maximum Gasteiger partial charge on any atom is 0.472 e. The first-order chi connectivity index (χ1) is 40.0. The molecule has 0 aliphatic heterocycles. The molecule has 9 nitrogen and oxygen atoms in total. The number of carbonyl (C=O) groups excluding carboxylic acids is 2. The molecule has 0 saturated heterocycles. The van der Waals surface area contributed by atoms with Gasteiger partial charge in [0.15, 0.2) is 6.10 Å². The number of hydrogen-bond acceptors (Lipinski definition) is 7. The number of likely N-dealkylation sites (N-methyl/N-ethyl adjacent to an activating group) is 1. The Hall–Kier alpha value is -3.85. The molecule has 2 atom stereocenters. The van der Waals surface area contributed by atoms with E-state index in [4.69, 9.17) is 18.5 Å². The van der Waals surface area contributed by atoms with Crippen LogP contribution in [0.4, 0.5) is 0 Å². The lowest BCUT2D eigenvalue weighted by atomic mass is 10.0. The number of rotatable bonds is 59. The molecule has 1 N–H and O–H groups in total.